The number of carbonyl (C=O) groups excluding carboxylic acids is 4. The largest absolute Gasteiger partial charge is 0.508 e. The number of phenolic OH excluding ortho intramolecular Hbond substituents is 1. The molecular weight excluding hydrogens is 564 g/mol. The Morgan fingerprint density at radius 2 is 1.55 bits per heavy atom. The van der Waals surface area contributed by atoms with Gasteiger partial charge in [-0.25, -0.2) is 0 Å². The number of hydrogen-bond acceptors (Lipinski definition) is 7. The molecule has 42 heavy (non-hydrogen) atoms. The van der Waals surface area contributed by atoms with Crippen LogP contribution < -0.4 is 33.6 Å². The van der Waals surface area contributed by atoms with E-state index in [0.29, 0.717) is 11.4 Å². The van der Waals surface area contributed by atoms with Gasteiger partial charge in [0.05, 0.1) is 12.6 Å². The van der Waals surface area contributed by atoms with E-state index < -0.39 is 48.3 Å². The molecule has 14 heteroatoms. The number of nitrogens with two attached hydrogens (primary N) is 4. The van der Waals surface area contributed by atoms with E-state index in [4.69, 9.17) is 34.5 Å². The zero-order chi connectivity index (χ0) is 31.2. The van der Waals surface area contributed by atoms with Crippen molar-refractivity contribution in [3.63, 3.8) is 0 Å². The third kappa shape index (κ3) is 11.3. The highest BCUT2D eigenvalue weighted by Crippen LogP contribution is 2.14. The number of benzene rings is 2. The molecule has 0 saturated carbocycles. The zero-order valence-corrected chi connectivity index (χ0v) is 24.2. The van der Waals surface area contributed by atoms with Crippen LogP contribution in [0.2, 0.25) is 5.02 Å². The average molecular weight is 603 g/mol. The van der Waals surface area contributed by atoms with Crippen molar-refractivity contribution in [2.75, 3.05) is 19.6 Å². The average Bonchev–Trinajstić information content (AvgIpc) is 2.95. The first-order chi connectivity index (χ1) is 19.9. The summed E-state index contributed by atoms with van der Waals surface area (Å²) in [5.74, 6) is -2.45. The number of likely N-dealkylation sites (N-methyl/N-ethyl adjacent to an activating group) is 1. The van der Waals surface area contributed by atoms with Gasteiger partial charge in [-0.05, 0) is 61.6 Å². The monoisotopic (exact) mass is 602 g/mol. The van der Waals surface area contributed by atoms with Gasteiger partial charge in [0.2, 0.25) is 23.6 Å². The van der Waals surface area contributed by atoms with Gasteiger partial charge >= 0.3 is 0 Å². The molecule has 0 radical (unpaired) electrons. The molecule has 2 aromatic rings. The lowest BCUT2D eigenvalue weighted by atomic mass is 10.0. The van der Waals surface area contributed by atoms with Gasteiger partial charge in [-0.3, -0.25) is 24.2 Å². The predicted octanol–water partition coefficient (Wildman–Crippen LogP) is -0.485. The molecule has 3 atom stereocenters. The van der Waals surface area contributed by atoms with Crippen LogP contribution in [0.5, 0.6) is 5.75 Å². The summed E-state index contributed by atoms with van der Waals surface area (Å²) in [6.07, 6.45) is 0.846. The number of halogens is 1. The summed E-state index contributed by atoms with van der Waals surface area (Å²) in [6, 6.07) is 10.1. The quantitative estimate of drug-likeness (QED) is 0.0750. The molecule has 2 aromatic carbocycles. The maximum absolute atomic E-state index is 13.1. The minimum absolute atomic E-state index is 0.0811. The number of guanidine groups is 1. The smallest absolute Gasteiger partial charge is 0.243 e. The molecule has 0 aliphatic heterocycles. The van der Waals surface area contributed by atoms with E-state index in [1.54, 1.807) is 43.3 Å². The molecule has 4 amide bonds. The highest BCUT2D eigenvalue weighted by atomic mass is 35.5. The molecule has 13 nitrogen and oxygen atoms in total. The second kappa shape index (κ2) is 16.8. The minimum atomic E-state index is -1.04. The second-order valence-electron chi connectivity index (χ2n) is 9.63. The number of aromatic hydroxyl groups is 1. The first-order valence-electron chi connectivity index (χ1n) is 13.4. The van der Waals surface area contributed by atoms with Crippen molar-refractivity contribution >= 4 is 41.2 Å². The maximum atomic E-state index is 13.1. The summed E-state index contributed by atoms with van der Waals surface area (Å²) in [5, 5.41) is 15.2. The molecule has 0 aromatic heterocycles. The normalized spacial score (nSPS) is 12.8. The van der Waals surface area contributed by atoms with E-state index in [-0.39, 0.29) is 44.1 Å². The van der Waals surface area contributed by atoms with Crippen LogP contribution >= 0.6 is 11.6 Å². The van der Waals surface area contributed by atoms with E-state index in [2.05, 4.69) is 15.6 Å². The third-order valence-corrected chi connectivity index (χ3v) is 6.68. The van der Waals surface area contributed by atoms with Crippen molar-refractivity contribution in [1.29, 1.82) is 0 Å². The summed E-state index contributed by atoms with van der Waals surface area (Å²) >= 11 is 5.94. The number of primary amides is 1. The van der Waals surface area contributed by atoms with Crippen molar-refractivity contribution in [1.82, 2.24) is 15.5 Å². The Hall–Kier alpha value is -4.36. The molecule has 0 fully saturated rings. The van der Waals surface area contributed by atoms with Gasteiger partial charge in [-0.15, -0.1) is 0 Å². The Balaban J connectivity index is 2.07. The first kappa shape index (κ1) is 33.8. The van der Waals surface area contributed by atoms with E-state index in [1.165, 1.54) is 17.0 Å². The Labute approximate surface area is 249 Å². The van der Waals surface area contributed by atoms with E-state index in [1.807, 2.05) is 0 Å². The van der Waals surface area contributed by atoms with Gasteiger partial charge in [-0.1, -0.05) is 35.9 Å². The van der Waals surface area contributed by atoms with Crippen LogP contribution in [0, 0.1) is 0 Å². The summed E-state index contributed by atoms with van der Waals surface area (Å²) in [7, 11) is 0. The molecule has 11 N–H and O–H groups in total. The highest BCUT2D eigenvalue weighted by Gasteiger charge is 2.29. The van der Waals surface area contributed by atoms with Crippen LogP contribution in [0.3, 0.4) is 0 Å². The molecule has 0 bridgehead atoms. The van der Waals surface area contributed by atoms with Crippen LogP contribution in [0.1, 0.15) is 30.9 Å². The Bertz CT molecular complexity index is 1240. The van der Waals surface area contributed by atoms with Gasteiger partial charge in [0.15, 0.2) is 5.96 Å². The lowest BCUT2D eigenvalue weighted by molar-refractivity contribution is -0.139. The van der Waals surface area contributed by atoms with Crippen molar-refractivity contribution in [3.8, 4) is 5.75 Å². The second-order valence-corrected chi connectivity index (χ2v) is 10.1. The first-order valence-corrected chi connectivity index (χ1v) is 13.8. The number of nitrogens with one attached hydrogen (secondary N) is 2. The van der Waals surface area contributed by atoms with Gasteiger partial charge in [0, 0.05) is 24.5 Å². The Kier molecular flexibility index (Phi) is 13.5. The number of nitrogens with zero attached hydrogens (tertiary/aromatic N) is 2. The fourth-order valence-electron chi connectivity index (χ4n) is 4.20. The lowest BCUT2D eigenvalue weighted by Crippen LogP contribution is -2.55. The Morgan fingerprint density at radius 1 is 0.952 bits per heavy atom. The number of hydrogen-bond donors (Lipinski definition) is 7. The fourth-order valence-corrected chi connectivity index (χ4v) is 4.32. The van der Waals surface area contributed by atoms with Gasteiger partial charge in [-0.2, -0.15) is 0 Å². The zero-order valence-electron chi connectivity index (χ0n) is 23.5. The van der Waals surface area contributed by atoms with Crippen LogP contribution in [0.4, 0.5) is 0 Å². The van der Waals surface area contributed by atoms with E-state index in [9.17, 15) is 24.3 Å². The highest BCUT2D eigenvalue weighted by molar-refractivity contribution is 6.30. The summed E-state index contributed by atoms with van der Waals surface area (Å²) in [6.45, 7) is 1.65. The minimum Gasteiger partial charge on any atom is -0.508 e. The number of rotatable bonds is 16. The molecule has 0 unspecified atom stereocenters. The topological polar surface area (TPSA) is 232 Å². The summed E-state index contributed by atoms with van der Waals surface area (Å²) in [5.41, 5.74) is 23.9. The lowest BCUT2D eigenvalue weighted by Gasteiger charge is -2.29. The summed E-state index contributed by atoms with van der Waals surface area (Å²) < 4.78 is 0. The van der Waals surface area contributed by atoms with Gasteiger partial charge in [0.1, 0.15) is 17.8 Å². The number of phenols is 1. The molecule has 2 rings (SSSR count). The van der Waals surface area contributed by atoms with Crippen molar-refractivity contribution in [2.45, 2.75) is 50.7 Å². The standard InChI is InChI=1S/C28H39ClN8O5/c1-2-37(23(25(31)40)15-18-5-9-19(29)10-6-18)24(39)16-35-27(42)22(4-3-13-34-28(32)33)36-26(41)21(30)14-17-7-11-20(38)12-8-17/h5-12,21-23,38H,2-4,13-16,30H2,1H3,(H2,31,40)(H,35,42)(H,36,41)(H4,32,33,34)/t21-,22+,23+/m0/s1. The molecule has 228 valence electrons. The third-order valence-electron chi connectivity index (χ3n) is 6.43. The van der Waals surface area contributed by atoms with Crippen molar-refractivity contribution < 1.29 is 24.3 Å². The van der Waals surface area contributed by atoms with Crippen molar-refractivity contribution in [3.05, 3.63) is 64.7 Å². The molecule has 0 aliphatic carbocycles. The molecule has 0 aliphatic rings. The molecule has 0 heterocycles. The van der Waals surface area contributed by atoms with E-state index in [0.717, 1.165) is 11.1 Å². The fraction of sp³-hybridized carbons (Fsp3) is 0.393. The van der Waals surface area contributed by atoms with Crippen LogP contribution in [-0.4, -0.2) is 77.4 Å². The van der Waals surface area contributed by atoms with Crippen LogP contribution in [-0.2, 0) is 32.0 Å². The van der Waals surface area contributed by atoms with Crippen LogP contribution in [0.15, 0.2) is 53.5 Å². The van der Waals surface area contributed by atoms with Crippen LogP contribution in [0.25, 0.3) is 0 Å². The maximum Gasteiger partial charge on any atom is 0.243 e. The molecular formula is C28H39ClN8O5. The molecule has 0 saturated heterocycles. The van der Waals surface area contributed by atoms with Gasteiger partial charge in [0.25, 0.3) is 0 Å². The van der Waals surface area contributed by atoms with Gasteiger partial charge < -0.3 is 43.6 Å². The number of carbonyl (C=O) groups is 4. The SMILES string of the molecule is CCN(C(=O)CNC(=O)[C@@H](CCCN=C(N)N)NC(=O)[C@@H](N)Cc1ccc(O)cc1)[C@H](Cc1ccc(Cl)cc1)C(N)=O. The number of aliphatic imine (C=N–C) groups is 1. The van der Waals surface area contributed by atoms with E-state index >= 15 is 0 Å². The predicted molar refractivity (Wildman–Crippen MR) is 160 cm³/mol. The molecule has 0 spiro atoms. The number of amides is 4. The van der Waals surface area contributed by atoms with Crippen molar-refractivity contribution in [2.24, 2.45) is 27.9 Å². The summed E-state index contributed by atoms with van der Waals surface area (Å²) in [4.78, 5) is 56.5. The Morgan fingerprint density at radius 3 is 2.12 bits per heavy atom.